The number of hydrogen-bond donors (Lipinski definition) is 0. The normalized spacial score (nSPS) is 11.3. The van der Waals surface area contributed by atoms with Gasteiger partial charge in [0.25, 0.3) is 0 Å². The van der Waals surface area contributed by atoms with Gasteiger partial charge in [-0.25, -0.2) is 0 Å². The Kier molecular flexibility index (Phi) is 7.82. The average Bonchev–Trinajstić information content (AvgIpc) is 2.62. The van der Waals surface area contributed by atoms with Gasteiger partial charge in [-0.2, -0.15) is 0 Å². The molecule has 1 heterocycles. The highest BCUT2D eigenvalue weighted by Gasteiger charge is 2.06. The van der Waals surface area contributed by atoms with Crippen molar-refractivity contribution in [3.8, 4) is 17.7 Å². The van der Waals surface area contributed by atoms with Crippen LogP contribution in [0.15, 0.2) is 36.4 Å². The van der Waals surface area contributed by atoms with Crippen LogP contribution >= 0.6 is 0 Å². The van der Waals surface area contributed by atoms with Crippen LogP contribution in [-0.4, -0.2) is 22.6 Å². The Morgan fingerprint density at radius 2 is 1.88 bits per heavy atom. The van der Waals surface area contributed by atoms with Crippen molar-refractivity contribution in [2.45, 2.75) is 46.5 Å². The number of unbranched alkanes of at least 4 members (excludes halogenated alkanes) is 1. The van der Waals surface area contributed by atoms with E-state index in [0.29, 0.717) is 30.5 Å². The SMILES string of the molecule is CCCCOc1ccc(C#Cc2ccc(CC(C)CC(C)=O)cc2)nn1. The fourth-order valence-corrected chi connectivity index (χ4v) is 2.61. The quantitative estimate of drug-likeness (QED) is 0.528. The second-order valence-electron chi connectivity index (χ2n) is 6.62. The van der Waals surface area contributed by atoms with E-state index in [4.69, 9.17) is 4.74 Å². The molecule has 0 aliphatic rings. The lowest BCUT2D eigenvalue weighted by atomic mass is 9.96. The van der Waals surface area contributed by atoms with Gasteiger partial charge in [0.05, 0.1) is 6.61 Å². The van der Waals surface area contributed by atoms with Crippen molar-refractivity contribution in [2.24, 2.45) is 5.92 Å². The predicted octanol–water partition coefficient (Wildman–Crippen LogP) is 4.21. The van der Waals surface area contributed by atoms with E-state index in [2.05, 4.69) is 48.0 Å². The summed E-state index contributed by atoms with van der Waals surface area (Å²) in [5, 5.41) is 8.11. The maximum absolute atomic E-state index is 11.2. The third-order valence-electron chi connectivity index (χ3n) is 3.90. The molecule has 1 unspecified atom stereocenters. The number of hydrogen-bond acceptors (Lipinski definition) is 4. The molecule has 0 bridgehead atoms. The monoisotopic (exact) mass is 350 g/mol. The number of ether oxygens (including phenoxy) is 1. The molecule has 0 N–H and O–H groups in total. The Morgan fingerprint density at radius 3 is 2.50 bits per heavy atom. The third kappa shape index (κ3) is 7.06. The molecule has 0 saturated heterocycles. The summed E-state index contributed by atoms with van der Waals surface area (Å²) in [6, 6.07) is 11.7. The summed E-state index contributed by atoms with van der Waals surface area (Å²) in [6.07, 6.45) is 3.62. The van der Waals surface area contributed by atoms with Crippen molar-refractivity contribution >= 4 is 5.78 Å². The zero-order valence-corrected chi connectivity index (χ0v) is 15.8. The van der Waals surface area contributed by atoms with Gasteiger partial charge in [-0.3, -0.25) is 0 Å². The maximum Gasteiger partial charge on any atom is 0.233 e. The first-order chi connectivity index (χ1) is 12.6. The zero-order chi connectivity index (χ0) is 18.8. The van der Waals surface area contributed by atoms with Gasteiger partial charge in [0.15, 0.2) is 0 Å². The number of ketones is 1. The second-order valence-corrected chi connectivity index (χ2v) is 6.62. The van der Waals surface area contributed by atoms with Crippen molar-refractivity contribution in [1.29, 1.82) is 0 Å². The van der Waals surface area contributed by atoms with Crippen molar-refractivity contribution in [2.75, 3.05) is 6.61 Å². The van der Waals surface area contributed by atoms with Gasteiger partial charge in [-0.05, 0) is 55.4 Å². The minimum atomic E-state index is 0.239. The van der Waals surface area contributed by atoms with E-state index in [1.807, 2.05) is 18.2 Å². The lowest BCUT2D eigenvalue weighted by Crippen LogP contribution is -2.04. The number of nitrogens with zero attached hydrogens (tertiary/aromatic N) is 2. The summed E-state index contributed by atoms with van der Waals surface area (Å²) < 4.78 is 5.49. The minimum absolute atomic E-state index is 0.239. The molecule has 0 spiro atoms. The van der Waals surface area contributed by atoms with Gasteiger partial charge >= 0.3 is 0 Å². The number of carbonyl (C=O) groups is 1. The standard InChI is InChI=1S/C22H26N2O2/c1-4-5-14-26-22-13-12-21(23-24-22)11-10-19-6-8-20(9-7-19)16-17(2)15-18(3)25/h6-9,12-13,17H,4-5,14-16H2,1-3H3. The highest BCUT2D eigenvalue weighted by atomic mass is 16.5. The minimum Gasteiger partial charge on any atom is -0.477 e. The number of rotatable bonds is 8. The van der Waals surface area contributed by atoms with E-state index in [1.165, 1.54) is 5.56 Å². The van der Waals surface area contributed by atoms with E-state index in [-0.39, 0.29) is 5.78 Å². The Labute approximate surface area is 156 Å². The topological polar surface area (TPSA) is 52.1 Å². The first-order valence-corrected chi connectivity index (χ1v) is 9.13. The maximum atomic E-state index is 11.2. The van der Waals surface area contributed by atoms with Gasteiger partial charge in [0.1, 0.15) is 11.5 Å². The molecule has 1 aromatic carbocycles. The molecule has 0 fully saturated rings. The summed E-state index contributed by atoms with van der Waals surface area (Å²) in [5.41, 5.74) is 2.77. The Bertz CT molecular complexity index is 755. The lowest BCUT2D eigenvalue weighted by molar-refractivity contribution is -0.117. The summed E-state index contributed by atoms with van der Waals surface area (Å²) in [5.74, 6) is 7.25. The molecule has 0 amide bonds. The highest BCUT2D eigenvalue weighted by Crippen LogP contribution is 2.13. The molecule has 2 aromatic rings. The molecule has 1 aromatic heterocycles. The number of Topliss-reactive ketones (excluding diaryl/α,β-unsaturated/α-hetero) is 1. The fourth-order valence-electron chi connectivity index (χ4n) is 2.61. The number of carbonyl (C=O) groups excluding carboxylic acids is 1. The van der Waals surface area contributed by atoms with Crippen LogP contribution in [0.25, 0.3) is 0 Å². The first kappa shape index (κ1) is 19.7. The van der Waals surface area contributed by atoms with Gasteiger partial charge in [0, 0.05) is 18.1 Å². The Balaban J connectivity index is 1.92. The Morgan fingerprint density at radius 1 is 1.12 bits per heavy atom. The largest absolute Gasteiger partial charge is 0.477 e. The molecular formula is C22H26N2O2. The predicted molar refractivity (Wildman–Crippen MR) is 103 cm³/mol. The summed E-state index contributed by atoms with van der Waals surface area (Å²) in [4.78, 5) is 11.2. The molecule has 1 atom stereocenters. The zero-order valence-electron chi connectivity index (χ0n) is 15.8. The molecule has 26 heavy (non-hydrogen) atoms. The van der Waals surface area contributed by atoms with Crippen LogP contribution in [0, 0.1) is 17.8 Å². The summed E-state index contributed by atoms with van der Waals surface area (Å²) in [6.45, 7) is 6.52. The average molecular weight is 350 g/mol. The third-order valence-corrected chi connectivity index (χ3v) is 3.90. The van der Waals surface area contributed by atoms with Crippen LogP contribution in [0.3, 0.4) is 0 Å². The first-order valence-electron chi connectivity index (χ1n) is 9.13. The van der Waals surface area contributed by atoms with Crippen LogP contribution in [0.5, 0.6) is 5.88 Å². The van der Waals surface area contributed by atoms with Crippen molar-refractivity contribution < 1.29 is 9.53 Å². The molecule has 0 saturated carbocycles. The molecular weight excluding hydrogens is 324 g/mol. The van der Waals surface area contributed by atoms with E-state index in [1.54, 1.807) is 13.0 Å². The molecule has 2 rings (SSSR count). The van der Waals surface area contributed by atoms with Crippen molar-refractivity contribution in [3.05, 3.63) is 53.2 Å². The van der Waals surface area contributed by atoms with Gasteiger partial charge < -0.3 is 9.53 Å². The molecule has 136 valence electrons. The van der Waals surface area contributed by atoms with Gasteiger partial charge in [-0.15, -0.1) is 10.2 Å². The van der Waals surface area contributed by atoms with Crippen LogP contribution in [-0.2, 0) is 11.2 Å². The molecule has 0 radical (unpaired) electrons. The fraction of sp³-hybridized carbons (Fsp3) is 0.409. The lowest BCUT2D eigenvalue weighted by Gasteiger charge is -2.09. The molecule has 4 heteroatoms. The van der Waals surface area contributed by atoms with Crippen molar-refractivity contribution in [3.63, 3.8) is 0 Å². The smallest absolute Gasteiger partial charge is 0.233 e. The summed E-state index contributed by atoms with van der Waals surface area (Å²) >= 11 is 0. The van der Waals surface area contributed by atoms with Gasteiger partial charge in [0.2, 0.25) is 5.88 Å². The van der Waals surface area contributed by atoms with Crippen LogP contribution in [0.1, 0.15) is 56.9 Å². The summed E-state index contributed by atoms with van der Waals surface area (Å²) in [7, 11) is 0. The molecule has 0 aliphatic heterocycles. The number of benzene rings is 1. The molecule has 0 aliphatic carbocycles. The van der Waals surface area contributed by atoms with Crippen LogP contribution < -0.4 is 4.74 Å². The van der Waals surface area contributed by atoms with Crippen LogP contribution in [0.4, 0.5) is 0 Å². The number of aromatic nitrogens is 2. The second kappa shape index (κ2) is 10.4. The highest BCUT2D eigenvalue weighted by molar-refractivity contribution is 5.75. The van der Waals surface area contributed by atoms with Crippen molar-refractivity contribution in [1.82, 2.24) is 10.2 Å². The van der Waals surface area contributed by atoms with Crippen LogP contribution in [0.2, 0.25) is 0 Å². The Hall–Kier alpha value is -2.67. The van der Waals surface area contributed by atoms with Gasteiger partial charge in [-0.1, -0.05) is 38.3 Å². The molecule has 4 nitrogen and oxygen atoms in total. The van der Waals surface area contributed by atoms with E-state index in [9.17, 15) is 4.79 Å². The van der Waals surface area contributed by atoms with E-state index >= 15 is 0 Å². The van der Waals surface area contributed by atoms with E-state index < -0.39 is 0 Å². The van der Waals surface area contributed by atoms with E-state index in [0.717, 1.165) is 24.8 Å².